The summed E-state index contributed by atoms with van der Waals surface area (Å²) in [4.78, 5) is 21.6. The lowest BCUT2D eigenvalue weighted by Crippen LogP contribution is -2.07. The van der Waals surface area contributed by atoms with Crippen molar-refractivity contribution in [3.8, 4) is 5.75 Å². The lowest BCUT2D eigenvalue weighted by Gasteiger charge is -2.06. The molecule has 0 amide bonds. The summed E-state index contributed by atoms with van der Waals surface area (Å²) in [7, 11) is 0. The highest BCUT2D eigenvalue weighted by Gasteiger charge is 2.06. The fraction of sp³-hybridized carbons (Fsp3) is 0.467. The number of carbonyl (C=O) groups excluding carboxylic acids is 2. The van der Waals surface area contributed by atoms with E-state index >= 15 is 0 Å². The van der Waals surface area contributed by atoms with E-state index in [1.807, 2.05) is 0 Å². The van der Waals surface area contributed by atoms with Crippen molar-refractivity contribution in [3.63, 3.8) is 0 Å². The van der Waals surface area contributed by atoms with Crippen molar-refractivity contribution in [2.45, 2.75) is 19.3 Å². The third kappa shape index (κ3) is 7.31. The van der Waals surface area contributed by atoms with Crippen molar-refractivity contribution in [1.29, 1.82) is 0 Å². The van der Waals surface area contributed by atoms with Gasteiger partial charge in [-0.15, -0.1) is 0 Å². The average Bonchev–Trinajstić information content (AvgIpc) is 2.52. The van der Waals surface area contributed by atoms with Crippen LogP contribution in [-0.2, 0) is 14.3 Å². The number of hydrogen-bond donors (Lipinski definition) is 1. The second-order valence-corrected chi connectivity index (χ2v) is 4.26. The number of aliphatic hydroxyl groups excluding tert-OH is 1. The molecule has 1 N–H and O–H groups in total. The van der Waals surface area contributed by atoms with Gasteiger partial charge in [-0.25, -0.2) is 4.79 Å². The summed E-state index contributed by atoms with van der Waals surface area (Å²) < 4.78 is 14.9. The maximum absolute atomic E-state index is 11.7. The third-order valence-electron chi connectivity index (χ3n) is 2.66. The summed E-state index contributed by atoms with van der Waals surface area (Å²) >= 11 is 0. The molecule has 0 unspecified atom stereocenters. The molecule has 0 aliphatic carbocycles. The Balaban J connectivity index is 2.21. The fourth-order valence-corrected chi connectivity index (χ4v) is 1.61. The van der Waals surface area contributed by atoms with E-state index in [9.17, 15) is 9.59 Å². The summed E-state index contributed by atoms with van der Waals surface area (Å²) in [6.45, 7) is 1.32. The Bertz CT molecular complexity index is 415. The highest BCUT2D eigenvalue weighted by atomic mass is 16.5. The fourth-order valence-electron chi connectivity index (χ4n) is 1.61. The Morgan fingerprint density at radius 2 is 1.76 bits per heavy atom. The zero-order valence-corrected chi connectivity index (χ0v) is 11.8. The summed E-state index contributed by atoms with van der Waals surface area (Å²) in [5.41, 5.74) is 0.454. The van der Waals surface area contributed by atoms with Crippen molar-refractivity contribution in [3.05, 3.63) is 29.8 Å². The van der Waals surface area contributed by atoms with Crippen LogP contribution in [0.15, 0.2) is 24.3 Å². The smallest absolute Gasteiger partial charge is 0.338 e. The first-order valence-electron chi connectivity index (χ1n) is 6.84. The third-order valence-corrected chi connectivity index (χ3v) is 2.66. The normalized spacial score (nSPS) is 9.95. The number of esters is 1. The van der Waals surface area contributed by atoms with Crippen LogP contribution in [0.2, 0.25) is 0 Å². The van der Waals surface area contributed by atoms with Gasteiger partial charge in [-0.2, -0.15) is 0 Å². The number of carbonyl (C=O) groups is 2. The minimum atomic E-state index is -0.382. The van der Waals surface area contributed by atoms with Crippen molar-refractivity contribution in [1.82, 2.24) is 0 Å². The van der Waals surface area contributed by atoms with E-state index in [2.05, 4.69) is 4.74 Å². The number of aliphatic hydroxyl groups is 1. The van der Waals surface area contributed by atoms with Gasteiger partial charge >= 0.3 is 5.97 Å². The lowest BCUT2D eigenvalue weighted by atomic mass is 10.2. The van der Waals surface area contributed by atoms with Gasteiger partial charge in [0, 0.05) is 0 Å². The first-order valence-corrected chi connectivity index (χ1v) is 6.84. The highest BCUT2D eigenvalue weighted by Crippen LogP contribution is 2.13. The van der Waals surface area contributed by atoms with E-state index in [0.29, 0.717) is 31.0 Å². The molecule has 0 saturated heterocycles. The van der Waals surface area contributed by atoms with Crippen LogP contribution in [0.25, 0.3) is 0 Å². The number of unbranched alkanes of at least 4 members (excludes halogenated alkanes) is 2. The SMILES string of the molecule is O=COCCCCCOC(=O)c1ccc(OCCO)cc1. The van der Waals surface area contributed by atoms with Gasteiger partial charge in [0.25, 0.3) is 6.47 Å². The molecular formula is C15H20O6. The minimum absolute atomic E-state index is 0.0539. The Morgan fingerprint density at radius 3 is 2.43 bits per heavy atom. The Morgan fingerprint density at radius 1 is 1.05 bits per heavy atom. The molecule has 0 radical (unpaired) electrons. The van der Waals surface area contributed by atoms with Crippen LogP contribution in [0.5, 0.6) is 5.75 Å². The predicted octanol–water partition coefficient (Wildman–Crippen LogP) is 1.56. The summed E-state index contributed by atoms with van der Waals surface area (Å²) in [6.07, 6.45) is 2.31. The zero-order valence-electron chi connectivity index (χ0n) is 11.8. The zero-order chi connectivity index (χ0) is 15.3. The molecule has 0 atom stereocenters. The number of benzene rings is 1. The van der Waals surface area contributed by atoms with E-state index in [4.69, 9.17) is 14.6 Å². The van der Waals surface area contributed by atoms with E-state index in [1.54, 1.807) is 24.3 Å². The standard InChI is InChI=1S/C15H20O6/c16-8-11-20-14-6-4-13(5-7-14)15(18)21-10-3-1-2-9-19-12-17/h4-7,12,16H,1-3,8-11H2. The summed E-state index contributed by atoms with van der Waals surface area (Å²) in [5.74, 6) is 0.212. The van der Waals surface area contributed by atoms with Gasteiger partial charge in [-0.3, -0.25) is 4.79 Å². The maximum Gasteiger partial charge on any atom is 0.338 e. The first kappa shape index (κ1) is 17.0. The molecule has 21 heavy (non-hydrogen) atoms. The largest absolute Gasteiger partial charge is 0.491 e. The molecule has 0 aliphatic rings. The predicted molar refractivity (Wildman–Crippen MR) is 75.2 cm³/mol. The Hall–Kier alpha value is -2.08. The van der Waals surface area contributed by atoms with Crippen LogP contribution in [0.3, 0.4) is 0 Å². The molecule has 6 nitrogen and oxygen atoms in total. The van der Waals surface area contributed by atoms with Crippen LogP contribution in [0, 0.1) is 0 Å². The number of ether oxygens (including phenoxy) is 3. The molecule has 0 spiro atoms. The van der Waals surface area contributed by atoms with Gasteiger partial charge in [0.15, 0.2) is 0 Å². The van der Waals surface area contributed by atoms with Crippen LogP contribution in [0.4, 0.5) is 0 Å². The molecule has 1 aromatic carbocycles. The average molecular weight is 296 g/mol. The Kier molecular flexibility index (Phi) is 8.63. The van der Waals surface area contributed by atoms with Crippen LogP contribution in [0.1, 0.15) is 29.6 Å². The van der Waals surface area contributed by atoms with E-state index in [0.717, 1.165) is 19.3 Å². The first-order chi connectivity index (χ1) is 10.3. The van der Waals surface area contributed by atoms with Crippen molar-refractivity contribution >= 4 is 12.4 Å². The molecule has 116 valence electrons. The van der Waals surface area contributed by atoms with Gasteiger partial charge in [0.2, 0.25) is 0 Å². The molecule has 0 aromatic heterocycles. The molecule has 1 rings (SSSR count). The van der Waals surface area contributed by atoms with Crippen molar-refractivity contribution in [2.24, 2.45) is 0 Å². The molecule has 1 aromatic rings. The van der Waals surface area contributed by atoms with Crippen molar-refractivity contribution in [2.75, 3.05) is 26.4 Å². The Labute approximate surface area is 123 Å². The number of rotatable bonds is 11. The maximum atomic E-state index is 11.7. The highest BCUT2D eigenvalue weighted by molar-refractivity contribution is 5.89. The van der Waals surface area contributed by atoms with Gasteiger partial charge in [0.1, 0.15) is 12.4 Å². The van der Waals surface area contributed by atoms with Crippen molar-refractivity contribution < 1.29 is 28.9 Å². The second kappa shape index (κ2) is 10.7. The monoisotopic (exact) mass is 296 g/mol. The van der Waals surface area contributed by atoms with Crippen LogP contribution >= 0.6 is 0 Å². The molecule has 0 fully saturated rings. The van der Waals surface area contributed by atoms with E-state index in [1.165, 1.54) is 0 Å². The summed E-state index contributed by atoms with van der Waals surface area (Å²) in [5, 5.41) is 8.63. The molecule has 0 bridgehead atoms. The second-order valence-electron chi connectivity index (χ2n) is 4.26. The molecule has 6 heteroatoms. The van der Waals surface area contributed by atoms with Gasteiger partial charge in [0.05, 0.1) is 25.4 Å². The van der Waals surface area contributed by atoms with E-state index in [-0.39, 0.29) is 19.2 Å². The van der Waals surface area contributed by atoms with Gasteiger partial charge in [-0.05, 0) is 43.5 Å². The van der Waals surface area contributed by atoms with Gasteiger partial charge < -0.3 is 19.3 Å². The van der Waals surface area contributed by atoms with Crippen LogP contribution in [-0.4, -0.2) is 44.0 Å². The lowest BCUT2D eigenvalue weighted by molar-refractivity contribution is -0.128. The van der Waals surface area contributed by atoms with E-state index < -0.39 is 0 Å². The molecule has 0 saturated carbocycles. The van der Waals surface area contributed by atoms with Gasteiger partial charge in [-0.1, -0.05) is 0 Å². The molecule has 0 heterocycles. The minimum Gasteiger partial charge on any atom is -0.491 e. The number of hydrogen-bond acceptors (Lipinski definition) is 6. The molecular weight excluding hydrogens is 276 g/mol. The topological polar surface area (TPSA) is 82.1 Å². The summed E-state index contributed by atoms with van der Waals surface area (Å²) in [6, 6.07) is 6.55. The molecule has 0 aliphatic heterocycles. The quantitative estimate of drug-likeness (QED) is 0.379. The van der Waals surface area contributed by atoms with Crippen LogP contribution < -0.4 is 4.74 Å².